The van der Waals surface area contributed by atoms with E-state index in [9.17, 15) is 19.8 Å². The van der Waals surface area contributed by atoms with Crippen molar-refractivity contribution in [3.63, 3.8) is 0 Å². The second-order valence-electron chi connectivity index (χ2n) is 9.00. The average Bonchev–Trinajstić information content (AvgIpc) is 3.38. The van der Waals surface area contributed by atoms with Crippen LogP contribution in [0.5, 0.6) is 5.75 Å². The fourth-order valence-electron chi connectivity index (χ4n) is 4.60. The largest absolute Gasteiger partial charge is 0.492 e. The van der Waals surface area contributed by atoms with E-state index in [1.807, 2.05) is 0 Å². The Labute approximate surface area is 172 Å². The van der Waals surface area contributed by atoms with Gasteiger partial charge in [0, 0.05) is 30.6 Å². The number of fused-ring (bicyclic) bond motifs is 1. The molecule has 2 aromatic rings. The molecule has 8 nitrogen and oxygen atoms in total. The molecule has 0 radical (unpaired) electrons. The smallest absolute Gasteiger partial charge is 0.329 e. The number of hydrogen-bond donors (Lipinski definition) is 3. The quantitative estimate of drug-likeness (QED) is 0.674. The van der Waals surface area contributed by atoms with Crippen molar-refractivity contribution < 1.29 is 19.3 Å². The predicted octanol–water partition coefficient (Wildman–Crippen LogP) is 1.44. The molecule has 30 heavy (non-hydrogen) atoms. The first-order valence-electron chi connectivity index (χ1n) is 10.3. The zero-order valence-electron chi connectivity index (χ0n) is 17.7. The number of aromatic amines is 1. The number of benzene rings is 1. The minimum absolute atomic E-state index is 0.0493. The first-order chi connectivity index (χ1) is 14.1. The maximum Gasteiger partial charge on any atom is 0.329 e. The lowest BCUT2D eigenvalue weighted by Gasteiger charge is -2.30. The third-order valence-corrected chi connectivity index (χ3v) is 6.31. The van der Waals surface area contributed by atoms with Gasteiger partial charge < -0.3 is 19.8 Å². The molecule has 0 amide bonds. The molecule has 9 heteroatoms. The maximum atomic E-state index is 15.5. The zero-order chi connectivity index (χ0) is 22.0. The van der Waals surface area contributed by atoms with E-state index >= 15 is 4.39 Å². The van der Waals surface area contributed by atoms with Crippen LogP contribution in [-0.2, 0) is 0 Å². The Morgan fingerprint density at radius 2 is 1.93 bits per heavy atom. The van der Waals surface area contributed by atoms with Gasteiger partial charge in [-0.1, -0.05) is 0 Å². The number of aliphatic hydroxyl groups excluding tert-OH is 1. The zero-order valence-corrected chi connectivity index (χ0v) is 17.7. The third kappa shape index (κ3) is 3.20. The number of aliphatic hydroxyl groups is 2. The Morgan fingerprint density at radius 3 is 2.50 bits per heavy atom. The van der Waals surface area contributed by atoms with Gasteiger partial charge >= 0.3 is 5.69 Å². The van der Waals surface area contributed by atoms with Crippen LogP contribution in [0.4, 0.5) is 10.1 Å². The van der Waals surface area contributed by atoms with Gasteiger partial charge in [0.15, 0.2) is 11.6 Å². The Kier molecular flexibility index (Phi) is 4.93. The lowest BCUT2D eigenvalue weighted by atomic mass is 9.89. The summed E-state index contributed by atoms with van der Waals surface area (Å²) in [4.78, 5) is 29.2. The number of hydrogen-bond acceptors (Lipinski definition) is 6. The van der Waals surface area contributed by atoms with Crippen molar-refractivity contribution in [3.05, 3.63) is 32.2 Å². The highest BCUT2D eigenvalue weighted by Crippen LogP contribution is 2.45. The van der Waals surface area contributed by atoms with Crippen LogP contribution in [0.1, 0.15) is 44.7 Å². The van der Waals surface area contributed by atoms with Crippen LogP contribution < -0.4 is 20.9 Å². The van der Waals surface area contributed by atoms with Crippen LogP contribution in [0.3, 0.4) is 0 Å². The number of anilines is 1. The summed E-state index contributed by atoms with van der Waals surface area (Å²) < 4.78 is 22.6. The molecular weight excluding hydrogens is 393 g/mol. The summed E-state index contributed by atoms with van der Waals surface area (Å²) >= 11 is 0. The van der Waals surface area contributed by atoms with Gasteiger partial charge in [-0.15, -0.1) is 0 Å². The number of aryl methyl sites for hydroxylation is 1. The number of nitrogens with zero attached hydrogens (tertiary/aromatic N) is 2. The molecule has 1 aliphatic heterocycles. The first kappa shape index (κ1) is 20.9. The van der Waals surface area contributed by atoms with Crippen molar-refractivity contribution in [3.8, 4) is 5.75 Å². The molecule has 3 N–H and O–H groups in total. The Balaban J connectivity index is 1.92. The number of nitrogens with one attached hydrogen (secondary N) is 1. The molecule has 1 saturated heterocycles. The van der Waals surface area contributed by atoms with Crippen molar-refractivity contribution >= 4 is 16.6 Å². The summed E-state index contributed by atoms with van der Waals surface area (Å²) in [6.07, 6.45) is 1.21. The Morgan fingerprint density at radius 1 is 1.27 bits per heavy atom. The van der Waals surface area contributed by atoms with Gasteiger partial charge in [0.25, 0.3) is 5.56 Å². The van der Waals surface area contributed by atoms with E-state index in [1.165, 1.54) is 18.6 Å². The molecule has 1 aliphatic carbocycles. The van der Waals surface area contributed by atoms with Crippen LogP contribution in [0.25, 0.3) is 10.9 Å². The Hall–Kier alpha value is -2.39. The lowest BCUT2D eigenvalue weighted by molar-refractivity contribution is -0.0723. The minimum Gasteiger partial charge on any atom is -0.492 e. The molecule has 2 atom stereocenters. The highest BCUT2D eigenvalue weighted by Gasteiger charge is 2.39. The maximum absolute atomic E-state index is 15.5. The predicted molar refractivity (Wildman–Crippen MR) is 111 cm³/mol. The van der Waals surface area contributed by atoms with Gasteiger partial charge in [-0.25, -0.2) is 9.18 Å². The molecular formula is C21H28FN3O5. The molecule has 2 heterocycles. The van der Waals surface area contributed by atoms with Crippen LogP contribution in [0, 0.1) is 18.7 Å². The second kappa shape index (κ2) is 7.09. The number of H-pyrrole nitrogens is 1. The van der Waals surface area contributed by atoms with Crippen LogP contribution in [0.15, 0.2) is 9.59 Å². The fraction of sp³-hybridized carbons (Fsp3) is 0.619. The standard InChI is InChI=1S/C21H28FN3O5/c1-10-13-15(25(12-5-6-12)20(28)23-19(13)27)17(30-4)16(14(10)22)24-8-7-11(9-24)18(26)21(2,3)29/h11-12,18,26,29H,5-9H2,1-4H3,(H,23,27,28). The van der Waals surface area contributed by atoms with E-state index < -0.39 is 28.8 Å². The molecule has 2 fully saturated rings. The van der Waals surface area contributed by atoms with Gasteiger partial charge in [0.05, 0.1) is 24.2 Å². The Bertz CT molecular complexity index is 1110. The van der Waals surface area contributed by atoms with Gasteiger partial charge in [-0.05, 0) is 40.0 Å². The topological polar surface area (TPSA) is 108 Å². The van der Waals surface area contributed by atoms with Crippen molar-refractivity contribution in [2.45, 2.75) is 57.8 Å². The van der Waals surface area contributed by atoms with Crippen molar-refractivity contribution in [2.24, 2.45) is 5.92 Å². The van der Waals surface area contributed by atoms with Crippen LogP contribution >= 0.6 is 0 Å². The van der Waals surface area contributed by atoms with Gasteiger partial charge in [-0.2, -0.15) is 0 Å². The average molecular weight is 421 g/mol. The van der Waals surface area contributed by atoms with E-state index in [0.717, 1.165) is 12.8 Å². The van der Waals surface area contributed by atoms with E-state index in [-0.39, 0.29) is 34.3 Å². The SMILES string of the molecule is COc1c(N2CCC(C(O)C(C)(C)O)C2)c(F)c(C)c2c(=O)[nH]c(=O)n(C3CC3)c12. The third-order valence-electron chi connectivity index (χ3n) is 6.31. The monoisotopic (exact) mass is 421 g/mol. The van der Waals surface area contributed by atoms with Crippen LogP contribution in [0.2, 0.25) is 0 Å². The van der Waals surface area contributed by atoms with Gasteiger partial charge in [-0.3, -0.25) is 14.3 Å². The van der Waals surface area contributed by atoms with Crippen LogP contribution in [-0.4, -0.2) is 51.7 Å². The summed E-state index contributed by atoms with van der Waals surface area (Å²) in [6, 6.07) is -0.0493. The van der Waals surface area contributed by atoms with Gasteiger partial charge in [0.2, 0.25) is 0 Å². The van der Waals surface area contributed by atoms with E-state index in [4.69, 9.17) is 4.74 Å². The van der Waals surface area contributed by atoms with Crippen molar-refractivity contribution in [1.82, 2.24) is 9.55 Å². The molecule has 1 saturated carbocycles. The highest BCUT2D eigenvalue weighted by atomic mass is 19.1. The molecule has 0 spiro atoms. The van der Waals surface area contributed by atoms with E-state index in [0.29, 0.717) is 25.0 Å². The van der Waals surface area contributed by atoms with Crippen molar-refractivity contribution in [2.75, 3.05) is 25.1 Å². The van der Waals surface area contributed by atoms with Crippen molar-refractivity contribution in [1.29, 1.82) is 0 Å². The molecule has 2 unspecified atom stereocenters. The summed E-state index contributed by atoms with van der Waals surface area (Å²) in [6.45, 7) is 5.38. The van der Waals surface area contributed by atoms with E-state index in [1.54, 1.807) is 18.7 Å². The number of methoxy groups -OCH3 is 1. The second-order valence-corrected chi connectivity index (χ2v) is 9.00. The number of aromatic nitrogens is 2. The molecule has 2 aliphatic rings. The van der Waals surface area contributed by atoms with E-state index in [2.05, 4.69) is 4.98 Å². The molecule has 164 valence electrons. The summed E-state index contributed by atoms with van der Waals surface area (Å²) in [7, 11) is 1.40. The summed E-state index contributed by atoms with van der Waals surface area (Å²) in [5.41, 5.74) is -1.78. The molecule has 1 aromatic carbocycles. The highest BCUT2D eigenvalue weighted by molar-refractivity contribution is 5.93. The summed E-state index contributed by atoms with van der Waals surface area (Å²) in [5, 5.41) is 20.8. The number of halogens is 1. The van der Waals surface area contributed by atoms with Gasteiger partial charge in [0.1, 0.15) is 11.2 Å². The normalized spacial score (nSPS) is 20.8. The molecule has 0 bridgehead atoms. The summed E-state index contributed by atoms with van der Waals surface area (Å²) in [5.74, 6) is -0.680. The number of ether oxygens (including phenoxy) is 1. The fourth-order valence-corrected chi connectivity index (χ4v) is 4.60. The number of rotatable bonds is 5. The lowest BCUT2D eigenvalue weighted by Crippen LogP contribution is -2.42. The minimum atomic E-state index is -1.28. The first-order valence-corrected chi connectivity index (χ1v) is 10.3. The molecule has 4 rings (SSSR count). The molecule has 1 aromatic heterocycles.